The Morgan fingerprint density at radius 3 is 2.78 bits per heavy atom. The van der Waals surface area contributed by atoms with Crippen LogP contribution in [0.5, 0.6) is 5.75 Å². The molecule has 1 amide bonds. The SMILES string of the molecule is Cc1ccnc(NC(=O)c2ccc(F)cc2O)c1. The molecular weight excluding hydrogens is 235 g/mol. The molecule has 0 aliphatic heterocycles. The number of aryl methyl sites for hydroxylation is 1. The number of hydrogen-bond acceptors (Lipinski definition) is 3. The van der Waals surface area contributed by atoms with Crippen molar-refractivity contribution in [2.45, 2.75) is 6.92 Å². The number of amides is 1. The van der Waals surface area contributed by atoms with Crippen molar-refractivity contribution in [3.05, 3.63) is 53.5 Å². The smallest absolute Gasteiger partial charge is 0.260 e. The van der Waals surface area contributed by atoms with Gasteiger partial charge < -0.3 is 10.4 Å². The van der Waals surface area contributed by atoms with Crippen LogP contribution in [0.1, 0.15) is 15.9 Å². The quantitative estimate of drug-likeness (QED) is 0.855. The molecule has 0 saturated carbocycles. The summed E-state index contributed by atoms with van der Waals surface area (Å²) in [4.78, 5) is 15.8. The third-order valence-electron chi connectivity index (χ3n) is 2.36. The molecule has 0 unspecified atom stereocenters. The maximum Gasteiger partial charge on any atom is 0.260 e. The molecule has 0 aliphatic rings. The van der Waals surface area contributed by atoms with Gasteiger partial charge in [-0.1, -0.05) is 0 Å². The van der Waals surface area contributed by atoms with Crippen molar-refractivity contribution in [3.63, 3.8) is 0 Å². The number of pyridine rings is 1. The van der Waals surface area contributed by atoms with Crippen molar-refractivity contribution in [1.29, 1.82) is 0 Å². The van der Waals surface area contributed by atoms with Crippen LogP contribution in [0.3, 0.4) is 0 Å². The van der Waals surface area contributed by atoms with E-state index < -0.39 is 17.5 Å². The van der Waals surface area contributed by atoms with E-state index in [9.17, 15) is 14.3 Å². The molecule has 2 N–H and O–H groups in total. The molecule has 0 atom stereocenters. The van der Waals surface area contributed by atoms with Crippen LogP contribution in [0.2, 0.25) is 0 Å². The van der Waals surface area contributed by atoms with Gasteiger partial charge in [0.15, 0.2) is 0 Å². The molecule has 2 rings (SSSR count). The number of anilines is 1. The second-order valence-electron chi connectivity index (χ2n) is 3.83. The van der Waals surface area contributed by atoms with Crippen LogP contribution in [-0.4, -0.2) is 16.0 Å². The van der Waals surface area contributed by atoms with Gasteiger partial charge >= 0.3 is 0 Å². The van der Waals surface area contributed by atoms with Crippen LogP contribution in [0.15, 0.2) is 36.5 Å². The van der Waals surface area contributed by atoms with E-state index in [0.29, 0.717) is 5.82 Å². The Bertz CT molecular complexity index is 599. The molecule has 2 aromatic rings. The zero-order valence-electron chi connectivity index (χ0n) is 9.64. The zero-order valence-corrected chi connectivity index (χ0v) is 9.64. The number of rotatable bonds is 2. The number of aromatic nitrogens is 1. The van der Waals surface area contributed by atoms with E-state index in [1.54, 1.807) is 18.3 Å². The number of aromatic hydroxyl groups is 1. The van der Waals surface area contributed by atoms with Gasteiger partial charge in [0.05, 0.1) is 5.56 Å². The molecule has 0 radical (unpaired) electrons. The third kappa shape index (κ3) is 2.63. The summed E-state index contributed by atoms with van der Waals surface area (Å²) >= 11 is 0. The number of nitrogens with one attached hydrogen (secondary N) is 1. The summed E-state index contributed by atoms with van der Waals surface area (Å²) in [5, 5.41) is 12.0. The van der Waals surface area contributed by atoms with Crippen LogP contribution >= 0.6 is 0 Å². The fraction of sp³-hybridized carbons (Fsp3) is 0.0769. The van der Waals surface area contributed by atoms with Crippen molar-refractivity contribution in [3.8, 4) is 5.75 Å². The molecule has 5 heteroatoms. The van der Waals surface area contributed by atoms with Crippen molar-refractivity contribution >= 4 is 11.7 Å². The van der Waals surface area contributed by atoms with Crippen molar-refractivity contribution in [2.24, 2.45) is 0 Å². The van der Waals surface area contributed by atoms with Crippen LogP contribution in [-0.2, 0) is 0 Å². The van der Waals surface area contributed by atoms with E-state index in [4.69, 9.17) is 0 Å². The van der Waals surface area contributed by atoms with E-state index in [1.807, 2.05) is 6.92 Å². The Morgan fingerprint density at radius 1 is 1.33 bits per heavy atom. The average Bonchev–Trinajstić information content (AvgIpc) is 2.28. The summed E-state index contributed by atoms with van der Waals surface area (Å²) in [6.45, 7) is 1.87. The highest BCUT2D eigenvalue weighted by Gasteiger charge is 2.12. The predicted octanol–water partition coefficient (Wildman–Crippen LogP) is 2.49. The molecule has 1 aromatic heterocycles. The van der Waals surface area contributed by atoms with Gasteiger partial charge in [0.1, 0.15) is 17.4 Å². The van der Waals surface area contributed by atoms with E-state index in [0.717, 1.165) is 17.7 Å². The first kappa shape index (κ1) is 12.0. The number of hydrogen-bond donors (Lipinski definition) is 2. The minimum atomic E-state index is -0.599. The van der Waals surface area contributed by atoms with Crippen LogP contribution in [0, 0.1) is 12.7 Å². The monoisotopic (exact) mass is 246 g/mol. The Morgan fingerprint density at radius 2 is 2.11 bits per heavy atom. The lowest BCUT2D eigenvalue weighted by atomic mass is 10.2. The molecule has 0 spiro atoms. The van der Waals surface area contributed by atoms with Gasteiger partial charge in [-0.2, -0.15) is 0 Å². The first-order valence-electron chi connectivity index (χ1n) is 5.29. The molecule has 0 bridgehead atoms. The second kappa shape index (κ2) is 4.83. The Labute approximate surface area is 103 Å². The fourth-order valence-electron chi connectivity index (χ4n) is 1.48. The molecule has 18 heavy (non-hydrogen) atoms. The molecule has 92 valence electrons. The van der Waals surface area contributed by atoms with Crippen LogP contribution < -0.4 is 5.32 Å². The van der Waals surface area contributed by atoms with E-state index in [1.165, 1.54) is 6.07 Å². The lowest BCUT2D eigenvalue weighted by molar-refractivity contribution is 0.102. The number of phenols is 1. The van der Waals surface area contributed by atoms with E-state index in [-0.39, 0.29) is 5.56 Å². The summed E-state index contributed by atoms with van der Waals surface area (Å²) in [7, 11) is 0. The maximum atomic E-state index is 12.8. The number of phenolic OH excluding ortho intramolecular Hbond substituents is 1. The fourth-order valence-corrected chi connectivity index (χ4v) is 1.48. The van der Waals surface area contributed by atoms with Crippen LogP contribution in [0.25, 0.3) is 0 Å². The van der Waals surface area contributed by atoms with Gasteiger partial charge in [-0.15, -0.1) is 0 Å². The summed E-state index contributed by atoms with van der Waals surface area (Å²) in [5.41, 5.74) is 0.948. The molecule has 1 heterocycles. The number of benzene rings is 1. The molecule has 0 fully saturated rings. The number of halogens is 1. The normalized spacial score (nSPS) is 10.1. The first-order chi connectivity index (χ1) is 8.56. The number of nitrogens with zero attached hydrogens (tertiary/aromatic N) is 1. The Hall–Kier alpha value is -2.43. The van der Waals surface area contributed by atoms with Gasteiger partial charge in [-0.3, -0.25) is 4.79 Å². The van der Waals surface area contributed by atoms with Crippen molar-refractivity contribution in [2.75, 3.05) is 5.32 Å². The van der Waals surface area contributed by atoms with Gasteiger partial charge in [-0.25, -0.2) is 9.37 Å². The maximum absolute atomic E-state index is 12.8. The largest absolute Gasteiger partial charge is 0.507 e. The summed E-state index contributed by atoms with van der Waals surface area (Å²) in [6, 6.07) is 6.70. The molecule has 0 aliphatic carbocycles. The van der Waals surface area contributed by atoms with Crippen molar-refractivity contribution in [1.82, 2.24) is 4.98 Å². The first-order valence-corrected chi connectivity index (χ1v) is 5.29. The summed E-state index contributed by atoms with van der Waals surface area (Å²) in [6.07, 6.45) is 1.56. The minimum Gasteiger partial charge on any atom is -0.507 e. The van der Waals surface area contributed by atoms with Gasteiger partial charge in [0.25, 0.3) is 5.91 Å². The molecule has 4 nitrogen and oxygen atoms in total. The second-order valence-corrected chi connectivity index (χ2v) is 3.83. The lowest BCUT2D eigenvalue weighted by Crippen LogP contribution is -2.13. The summed E-state index contributed by atoms with van der Waals surface area (Å²) in [5.74, 6) is -1.16. The third-order valence-corrected chi connectivity index (χ3v) is 2.36. The molecular formula is C13H11FN2O2. The van der Waals surface area contributed by atoms with Gasteiger partial charge in [-0.05, 0) is 36.8 Å². The van der Waals surface area contributed by atoms with E-state index >= 15 is 0 Å². The van der Waals surface area contributed by atoms with Crippen molar-refractivity contribution < 1.29 is 14.3 Å². The zero-order chi connectivity index (χ0) is 13.1. The van der Waals surface area contributed by atoms with E-state index in [2.05, 4.69) is 10.3 Å². The van der Waals surface area contributed by atoms with Gasteiger partial charge in [0.2, 0.25) is 0 Å². The number of carbonyl (C=O) groups excluding carboxylic acids is 1. The van der Waals surface area contributed by atoms with Crippen LogP contribution in [0.4, 0.5) is 10.2 Å². The Kier molecular flexibility index (Phi) is 3.23. The standard InChI is InChI=1S/C13H11FN2O2/c1-8-4-5-15-12(6-8)16-13(18)10-3-2-9(14)7-11(10)17/h2-7,17H,1H3,(H,15,16,18). The molecule has 0 saturated heterocycles. The highest BCUT2D eigenvalue weighted by Crippen LogP contribution is 2.19. The molecule has 1 aromatic carbocycles. The summed E-state index contributed by atoms with van der Waals surface area (Å²) < 4.78 is 12.8. The average molecular weight is 246 g/mol. The lowest BCUT2D eigenvalue weighted by Gasteiger charge is -2.06. The predicted molar refractivity (Wildman–Crippen MR) is 65.0 cm³/mol. The Balaban J connectivity index is 2.22. The highest BCUT2D eigenvalue weighted by molar-refractivity contribution is 6.05. The minimum absolute atomic E-state index is 0.000272. The topological polar surface area (TPSA) is 62.2 Å². The van der Waals surface area contributed by atoms with Gasteiger partial charge in [0, 0.05) is 12.3 Å². The number of carbonyl (C=O) groups is 1. The highest BCUT2D eigenvalue weighted by atomic mass is 19.1.